The van der Waals surface area contributed by atoms with Crippen LogP contribution in [0.4, 0.5) is 0 Å². The Kier molecular flexibility index (Phi) is 4.98. The van der Waals surface area contributed by atoms with Crippen LogP contribution in [-0.2, 0) is 6.54 Å². The zero-order valence-corrected chi connectivity index (χ0v) is 18.6. The van der Waals surface area contributed by atoms with E-state index < -0.39 is 6.04 Å². The average Bonchev–Trinajstić information content (AvgIpc) is 3.07. The number of fused-ring (bicyclic) bond motifs is 2. The van der Waals surface area contributed by atoms with E-state index in [1.165, 1.54) is 0 Å². The Morgan fingerprint density at radius 2 is 1.75 bits per heavy atom. The smallest absolute Gasteiger partial charge is 0.291 e. The Balaban J connectivity index is 1.68. The summed E-state index contributed by atoms with van der Waals surface area (Å²) in [7, 11) is 1.59. The zero-order chi connectivity index (χ0) is 22.4. The maximum absolute atomic E-state index is 13.5. The summed E-state index contributed by atoms with van der Waals surface area (Å²) in [6.45, 7) is 0.276. The number of benzene rings is 3. The molecule has 160 valence electrons. The molecule has 0 fully saturated rings. The number of carbonyl (C=O) groups excluding carboxylic acids is 1. The minimum atomic E-state index is -0.639. The van der Waals surface area contributed by atoms with Crippen LogP contribution in [0.25, 0.3) is 11.0 Å². The lowest BCUT2D eigenvalue weighted by molar-refractivity contribution is 0.0714. The summed E-state index contributed by atoms with van der Waals surface area (Å²) in [6.07, 6.45) is 0. The van der Waals surface area contributed by atoms with Crippen LogP contribution in [-0.4, -0.2) is 23.0 Å². The maximum atomic E-state index is 13.5. The van der Waals surface area contributed by atoms with Gasteiger partial charge in [-0.25, -0.2) is 0 Å². The summed E-state index contributed by atoms with van der Waals surface area (Å²) < 4.78 is 11.9. The first-order valence-corrected chi connectivity index (χ1v) is 10.7. The van der Waals surface area contributed by atoms with E-state index in [0.29, 0.717) is 27.8 Å². The van der Waals surface area contributed by atoms with Gasteiger partial charge in [0.15, 0.2) is 5.43 Å². The summed E-state index contributed by atoms with van der Waals surface area (Å²) in [4.78, 5) is 28.6. The van der Waals surface area contributed by atoms with Gasteiger partial charge in [-0.05, 0) is 53.6 Å². The predicted molar refractivity (Wildman–Crippen MR) is 123 cm³/mol. The molecule has 1 aliphatic rings. The van der Waals surface area contributed by atoms with Crippen LogP contribution in [0.1, 0.15) is 33.3 Å². The van der Waals surface area contributed by atoms with Crippen molar-refractivity contribution in [2.45, 2.75) is 12.6 Å². The maximum Gasteiger partial charge on any atom is 0.291 e. The third-order valence-electron chi connectivity index (χ3n) is 5.65. The number of ether oxygens (including phenoxy) is 1. The van der Waals surface area contributed by atoms with Crippen molar-refractivity contribution in [2.75, 3.05) is 7.11 Å². The van der Waals surface area contributed by atoms with Gasteiger partial charge >= 0.3 is 0 Å². The van der Waals surface area contributed by atoms with Gasteiger partial charge in [0.25, 0.3) is 5.91 Å². The molecular weight excluding hydrogens is 474 g/mol. The number of carbonyl (C=O) groups is 1. The van der Waals surface area contributed by atoms with E-state index in [9.17, 15) is 14.7 Å². The Morgan fingerprint density at radius 1 is 1.03 bits per heavy atom. The Bertz CT molecular complexity index is 1390. The predicted octanol–water partition coefficient (Wildman–Crippen LogP) is 5.02. The zero-order valence-electron chi connectivity index (χ0n) is 17.0. The van der Waals surface area contributed by atoms with Gasteiger partial charge in [0.1, 0.15) is 17.1 Å². The summed E-state index contributed by atoms with van der Waals surface area (Å²) in [5.41, 5.74) is 2.02. The number of nitrogens with zero attached hydrogens (tertiary/aromatic N) is 1. The van der Waals surface area contributed by atoms with E-state index in [0.717, 1.165) is 10.0 Å². The quantitative estimate of drug-likeness (QED) is 0.433. The summed E-state index contributed by atoms with van der Waals surface area (Å²) in [5.74, 6) is 0.523. The van der Waals surface area contributed by atoms with Gasteiger partial charge in [-0.3, -0.25) is 9.59 Å². The highest BCUT2D eigenvalue weighted by Gasteiger charge is 2.42. The van der Waals surface area contributed by atoms with Crippen LogP contribution in [0.3, 0.4) is 0 Å². The van der Waals surface area contributed by atoms with Gasteiger partial charge < -0.3 is 19.2 Å². The number of hydrogen-bond donors (Lipinski definition) is 1. The number of aromatic hydroxyl groups is 1. The standard InChI is InChI=1S/C25H18BrNO5/c1-31-18-9-2-14(3-10-18)13-27-22(15-4-7-17(28)8-5-15)21-23(29)19-12-16(26)6-11-20(19)32-24(21)25(27)30/h2-12,22,28H,13H2,1H3/t22-/m0/s1. The fraction of sp³-hybridized carbons (Fsp3) is 0.120. The molecule has 0 saturated heterocycles. The highest BCUT2D eigenvalue weighted by Crippen LogP contribution is 2.39. The number of amides is 1. The summed E-state index contributed by atoms with van der Waals surface area (Å²) >= 11 is 3.40. The van der Waals surface area contributed by atoms with E-state index >= 15 is 0 Å². The third kappa shape index (κ3) is 3.35. The molecule has 1 aliphatic heterocycles. The van der Waals surface area contributed by atoms with E-state index in [2.05, 4.69) is 15.9 Å². The molecule has 0 saturated carbocycles. The SMILES string of the molecule is COc1ccc(CN2C(=O)c3oc4ccc(Br)cc4c(=O)c3[C@@H]2c2ccc(O)cc2)cc1. The van der Waals surface area contributed by atoms with Crippen molar-refractivity contribution >= 4 is 32.8 Å². The van der Waals surface area contributed by atoms with Crippen LogP contribution in [0.15, 0.2) is 80.4 Å². The lowest BCUT2D eigenvalue weighted by atomic mass is 9.98. The van der Waals surface area contributed by atoms with Crippen molar-refractivity contribution in [1.29, 1.82) is 0 Å². The van der Waals surface area contributed by atoms with Crippen LogP contribution < -0.4 is 10.2 Å². The van der Waals surface area contributed by atoms with E-state index in [1.807, 2.05) is 24.3 Å². The van der Waals surface area contributed by atoms with Crippen LogP contribution in [0, 0.1) is 0 Å². The Hall–Kier alpha value is -3.58. The van der Waals surface area contributed by atoms with Crippen molar-refractivity contribution in [1.82, 2.24) is 4.90 Å². The van der Waals surface area contributed by atoms with E-state index in [1.54, 1.807) is 54.5 Å². The summed E-state index contributed by atoms with van der Waals surface area (Å²) in [5, 5.41) is 10.1. The first-order chi connectivity index (χ1) is 15.5. The lowest BCUT2D eigenvalue weighted by Gasteiger charge is -2.25. The Morgan fingerprint density at radius 3 is 2.44 bits per heavy atom. The van der Waals surface area contributed by atoms with Gasteiger partial charge in [0, 0.05) is 11.0 Å². The highest BCUT2D eigenvalue weighted by atomic mass is 79.9. The highest BCUT2D eigenvalue weighted by molar-refractivity contribution is 9.10. The van der Waals surface area contributed by atoms with Crippen molar-refractivity contribution in [3.63, 3.8) is 0 Å². The third-order valence-corrected chi connectivity index (χ3v) is 6.14. The van der Waals surface area contributed by atoms with Gasteiger partial charge in [0.05, 0.1) is 24.1 Å². The van der Waals surface area contributed by atoms with Gasteiger partial charge in [-0.1, -0.05) is 40.2 Å². The molecule has 1 atom stereocenters. The molecule has 4 aromatic rings. The first-order valence-electron chi connectivity index (χ1n) is 9.95. The fourth-order valence-corrected chi connectivity index (χ4v) is 4.45. The molecule has 1 N–H and O–H groups in total. The molecule has 32 heavy (non-hydrogen) atoms. The topological polar surface area (TPSA) is 80.0 Å². The molecule has 0 unspecified atom stereocenters. The van der Waals surface area contributed by atoms with E-state index in [-0.39, 0.29) is 29.4 Å². The second kappa shape index (κ2) is 7.84. The average molecular weight is 492 g/mol. The molecule has 0 aliphatic carbocycles. The first kappa shape index (κ1) is 20.3. The molecule has 1 amide bonds. The molecule has 0 spiro atoms. The van der Waals surface area contributed by atoms with Crippen molar-refractivity contribution in [3.05, 3.63) is 104 Å². The summed E-state index contributed by atoms with van der Waals surface area (Å²) in [6, 6.07) is 18.4. The number of halogens is 1. The number of phenolic OH excluding ortho intramolecular Hbond substituents is 1. The van der Waals surface area contributed by atoms with Crippen LogP contribution in [0.5, 0.6) is 11.5 Å². The molecule has 0 bridgehead atoms. The molecule has 3 aromatic carbocycles. The van der Waals surface area contributed by atoms with E-state index in [4.69, 9.17) is 9.15 Å². The molecule has 0 radical (unpaired) electrons. The Labute approximate surface area is 191 Å². The number of phenols is 1. The number of methoxy groups -OCH3 is 1. The van der Waals surface area contributed by atoms with Crippen molar-refractivity contribution in [3.8, 4) is 11.5 Å². The number of rotatable bonds is 4. The molecule has 2 heterocycles. The molecular formula is C25H18BrNO5. The molecule has 6 nitrogen and oxygen atoms in total. The van der Waals surface area contributed by atoms with Gasteiger partial charge in [-0.2, -0.15) is 0 Å². The minimum absolute atomic E-state index is 0.0522. The van der Waals surface area contributed by atoms with Crippen LogP contribution >= 0.6 is 15.9 Å². The molecule has 1 aromatic heterocycles. The van der Waals surface area contributed by atoms with Gasteiger partial charge in [-0.15, -0.1) is 0 Å². The second-order valence-electron chi connectivity index (χ2n) is 7.59. The molecule has 7 heteroatoms. The minimum Gasteiger partial charge on any atom is -0.508 e. The molecule has 5 rings (SSSR count). The largest absolute Gasteiger partial charge is 0.508 e. The van der Waals surface area contributed by atoms with Crippen LogP contribution in [0.2, 0.25) is 0 Å². The monoisotopic (exact) mass is 491 g/mol. The lowest BCUT2D eigenvalue weighted by Crippen LogP contribution is -2.29. The van der Waals surface area contributed by atoms with Crippen molar-refractivity contribution in [2.24, 2.45) is 0 Å². The van der Waals surface area contributed by atoms with Gasteiger partial charge in [0.2, 0.25) is 5.76 Å². The second-order valence-corrected chi connectivity index (χ2v) is 8.51. The van der Waals surface area contributed by atoms with Crippen molar-refractivity contribution < 1.29 is 19.1 Å². The fourth-order valence-electron chi connectivity index (χ4n) is 4.09. The normalized spacial score (nSPS) is 15.2. The number of hydrogen-bond acceptors (Lipinski definition) is 5.